The van der Waals surface area contributed by atoms with Gasteiger partial charge in [-0.25, -0.2) is 14.6 Å². The molecule has 1 aliphatic rings. The Bertz CT molecular complexity index is 2030. The SMILES string of the molecule is CCOC(=O)C1=C(c2ccccc2)N=c2s/c(=C\c3ccc(-c4cccc(C(=O)O)c4C)o3)c(=O)n2[C@H]1c1cccs1. The molecule has 0 bridgehead atoms. The number of carboxylic acids is 1. The fraction of sp³-hybridized carbons (Fsp3) is 0.125. The standard InChI is InChI=1S/C32H24N2O6S2/c1-3-39-31(38)26-27(19-9-5-4-6-10-19)33-32-34(28(26)24-13-8-16-41-24)29(35)25(42-32)17-20-14-15-23(40-20)21-11-7-12-22(18(21)2)30(36)37/h4-17,28H,3H2,1-2H3,(H,36,37)/b25-17-/t28-/m0/s1. The molecule has 1 N–H and O–H groups in total. The number of fused-ring (bicyclic) bond motifs is 1. The summed E-state index contributed by atoms with van der Waals surface area (Å²) in [6.07, 6.45) is 1.64. The number of benzene rings is 2. The second-order valence-corrected chi connectivity index (χ2v) is 11.4. The van der Waals surface area contributed by atoms with Gasteiger partial charge in [-0.05, 0) is 49.1 Å². The molecule has 0 spiro atoms. The summed E-state index contributed by atoms with van der Waals surface area (Å²) in [6.45, 7) is 3.66. The van der Waals surface area contributed by atoms with Gasteiger partial charge < -0.3 is 14.3 Å². The molecule has 0 amide bonds. The highest BCUT2D eigenvalue weighted by Gasteiger charge is 2.35. The highest BCUT2D eigenvalue weighted by molar-refractivity contribution is 7.10. The zero-order valence-corrected chi connectivity index (χ0v) is 24.2. The molecule has 1 atom stereocenters. The molecular formula is C32H24N2O6S2. The number of carbonyl (C=O) groups is 2. The molecule has 42 heavy (non-hydrogen) atoms. The normalized spacial score (nSPS) is 14.9. The summed E-state index contributed by atoms with van der Waals surface area (Å²) in [4.78, 5) is 45.1. The maximum absolute atomic E-state index is 13.9. The van der Waals surface area contributed by atoms with Crippen LogP contribution in [0.15, 0.2) is 98.0 Å². The molecule has 0 radical (unpaired) electrons. The summed E-state index contributed by atoms with van der Waals surface area (Å²) >= 11 is 2.65. The molecule has 3 aromatic heterocycles. The van der Waals surface area contributed by atoms with Crippen molar-refractivity contribution in [1.82, 2.24) is 4.57 Å². The minimum absolute atomic E-state index is 0.182. The van der Waals surface area contributed by atoms with Gasteiger partial charge in [0.15, 0.2) is 4.80 Å². The Morgan fingerprint density at radius 1 is 1.07 bits per heavy atom. The number of thiazole rings is 1. The van der Waals surface area contributed by atoms with Gasteiger partial charge >= 0.3 is 11.9 Å². The number of ether oxygens (including phenoxy) is 1. The van der Waals surface area contributed by atoms with Crippen molar-refractivity contribution in [3.05, 3.63) is 131 Å². The molecular weight excluding hydrogens is 572 g/mol. The van der Waals surface area contributed by atoms with Crippen LogP contribution in [0.25, 0.3) is 23.1 Å². The van der Waals surface area contributed by atoms with Crippen LogP contribution in [0.4, 0.5) is 0 Å². The van der Waals surface area contributed by atoms with E-state index in [0.29, 0.717) is 43.3 Å². The number of nitrogens with zero attached hydrogens (tertiary/aromatic N) is 2. The number of hydrogen-bond acceptors (Lipinski definition) is 8. The lowest BCUT2D eigenvalue weighted by atomic mass is 9.97. The zero-order chi connectivity index (χ0) is 29.4. The van der Waals surface area contributed by atoms with Crippen LogP contribution >= 0.6 is 22.7 Å². The van der Waals surface area contributed by atoms with E-state index in [4.69, 9.17) is 14.1 Å². The first-order valence-electron chi connectivity index (χ1n) is 13.1. The number of esters is 1. The van der Waals surface area contributed by atoms with Crippen LogP contribution in [0.5, 0.6) is 0 Å². The minimum Gasteiger partial charge on any atom is -0.478 e. The van der Waals surface area contributed by atoms with Crippen LogP contribution in [0, 0.1) is 6.92 Å². The summed E-state index contributed by atoms with van der Waals surface area (Å²) < 4.78 is 13.5. The van der Waals surface area contributed by atoms with Crippen LogP contribution in [-0.2, 0) is 9.53 Å². The lowest BCUT2D eigenvalue weighted by Gasteiger charge is -2.24. The zero-order valence-electron chi connectivity index (χ0n) is 22.6. The third-order valence-electron chi connectivity index (χ3n) is 6.92. The summed E-state index contributed by atoms with van der Waals surface area (Å²) in [6, 6.07) is 20.9. The largest absolute Gasteiger partial charge is 0.478 e. The molecule has 0 unspecified atom stereocenters. The molecule has 2 aromatic carbocycles. The Morgan fingerprint density at radius 3 is 2.60 bits per heavy atom. The van der Waals surface area contributed by atoms with E-state index in [0.717, 1.165) is 10.4 Å². The molecule has 0 saturated carbocycles. The Morgan fingerprint density at radius 2 is 1.88 bits per heavy atom. The number of carboxylic acid groups (broad SMARTS) is 1. The molecule has 0 aliphatic carbocycles. The fourth-order valence-corrected chi connectivity index (χ4v) is 6.80. The average Bonchev–Trinajstić information content (AvgIpc) is 3.75. The molecule has 0 saturated heterocycles. The van der Waals surface area contributed by atoms with Gasteiger partial charge in [-0.15, -0.1) is 11.3 Å². The quantitative estimate of drug-likeness (QED) is 0.257. The number of thiophene rings is 1. The van der Waals surface area contributed by atoms with E-state index in [1.54, 1.807) is 54.8 Å². The number of aromatic carboxylic acids is 1. The Labute approximate surface area is 247 Å². The van der Waals surface area contributed by atoms with Gasteiger partial charge in [0.25, 0.3) is 5.56 Å². The molecule has 0 fully saturated rings. The Hall–Kier alpha value is -4.80. The first-order chi connectivity index (χ1) is 20.4. The van der Waals surface area contributed by atoms with Crippen LogP contribution in [0.2, 0.25) is 0 Å². The van der Waals surface area contributed by atoms with E-state index >= 15 is 0 Å². The molecule has 1 aliphatic heterocycles. The number of rotatable bonds is 7. The fourth-order valence-electron chi connectivity index (χ4n) is 5.00. The van der Waals surface area contributed by atoms with Gasteiger partial charge in [0.1, 0.15) is 17.6 Å². The summed E-state index contributed by atoms with van der Waals surface area (Å²) in [5.41, 5.74) is 2.63. The second-order valence-electron chi connectivity index (χ2n) is 9.43. The Balaban J connectivity index is 1.52. The number of hydrogen-bond donors (Lipinski definition) is 1. The first kappa shape index (κ1) is 27.4. The molecule has 5 aromatic rings. The van der Waals surface area contributed by atoms with Crippen molar-refractivity contribution in [3.63, 3.8) is 0 Å². The lowest BCUT2D eigenvalue weighted by molar-refractivity contribution is -0.138. The van der Waals surface area contributed by atoms with E-state index in [9.17, 15) is 19.5 Å². The van der Waals surface area contributed by atoms with Gasteiger partial charge in [-0.2, -0.15) is 0 Å². The monoisotopic (exact) mass is 596 g/mol. The van der Waals surface area contributed by atoms with Crippen molar-refractivity contribution in [3.8, 4) is 11.3 Å². The van der Waals surface area contributed by atoms with Crippen molar-refractivity contribution >= 4 is 46.4 Å². The second kappa shape index (κ2) is 11.2. The molecule has 6 rings (SSSR count). The van der Waals surface area contributed by atoms with Crippen molar-refractivity contribution in [2.24, 2.45) is 4.99 Å². The van der Waals surface area contributed by atoms with Crippen molar-refractivity contribution in [2.45, 2.75) is 19.9 Å². The summed E-state index contributed by atoms with van der Waals surface area (Å²) in [5, 5.41) is 11.4. The maximum atomic E-state index is 13.9. The van der Waals surface area contributed by atoms with E-state index < -0.39 is 18.0 Å². The van der Waals surface area contributed by atoms with E-state index in [1.807, 2.05) is 47.8 Å². The number of furan rings is 1. The highest BCUT2D eigenvalue weighted by Crippen LogP contribution is 2.37. The predicted octanol–water partition coefficient (Wildman–Crippen LogP) is 5.26. The maximum Gasteiger partial charge on any atom is 0.338 e. The minimum atomic E-state index is -1.01. The summed E-state index contributed by atoms with van der Waals surface area (Å²) in [7, 11) is 0. The highest BCUT2D eigenvalue weighted by atomic mass is 32.1. The molecule has 10 heteroatoms. The number of aromatic nitrogens is 1. The smallest absolute Gasteiger partial charge is 0.338 e. The predicted molar refractivity (Wildman–Crippen MR) is 161 cm³/mol. The van der Waals surface area contributed by atoms with Gasteiger partial charge in [0.2, 0.25) is 0 Å². The van der Waals surface area contributed by atoms with Crippen molar-refractivity contribution < 1.29 is 23.8 Å². The van der Waals surface area contributed by atoms with E-state index in [-0.39, 0.29) is 17.7 Å². The summed E-state index contributed by atoms with van der Waals surface area (Å²) in [5.74, 6) is -0.625. The molecule has 8 nitrogen and oxygen atoms in total. The van der Waals surface area contributed by atoms with Crippen molar-refractivity contribution in [2.75, 3.05) is 6.61 Å². The first-order valence-corrected chi connectivity index (χ1v) is 14.8. The van der Waals surface area contributed by atoms with Gasteiger partial charge in [-0.1, -0.05) is 59.9 Å². The van der Waals surface area contributed by atoms with Crippen LogP contribution in [0.1, 0.15) is 45.1 Å². The van der Waals surface area contributed by atoms with Crippen LogP contribution in [-0.4, -0.2) is 28.2 Å². The van der Waals surface area contributed by atoms with E-state index in [2.05, 4.69) is 0 Å². The van der Waals surface area contributed by atoms with E-state index in [1.165, 1.54) is 22.7 Å². The topological polar surface area (TPSA) is 111 Å². The van der Waals surface area contributed by atoms with Gasteiger partial charge in [0.05, 0.1) is 28.0 Å². The Kier molecular flexibility index (Phi) is 7.32. The third-order valence-corrected chi connectivity index (χ3v) is 8.82. The van der Waals surface area contributed by atoms with Crippen LogP contribution in [0.3, 0.4) is 0 Å². The van der Waals surface area contributed by atoms with Crippen molar-refractivity contribution in [1.29, 1.82) is 0 Å². The van der Waals surface area contributed by atoms with Crippen LogP contribution < -0.4 is 14.9 Å². The third kappa shape index (κ3) is 4.84. The average molecular weight is 597 g/mol. The lowest BCUT2D eigenvalue weighted by Crippen LogP contribution is -2.39. The molecule has 210 valence electrons. The van der Waals surface area contributed by atoms with Gasteiger partial charge in [-0.3, -0.25) is 9.36 Å². The number of carbonyl (C=O) groups excluding carboxylic acids is 1. The molecule has 4 heterocycles. The van der Waals surface area contributed by atoms with Gasteiger partial charge in [0, 0.05) is 22.1 Å².